The number of carbonyl (C=O) groups is 1. The standard InChI is InChI=1S/C24H32N2O2/c1-28-23-10-6-5-9-21(23)22(27)13-16-24(19-7-3-2-4-8-19)14-11-20(12-15-24)26-18-17-25/h2-10,20,26H,11-18,25H2,1H3/t20-,24-. The SMILES string of the molecule is COc1ccccc1C(=O)CC[C@]1(c2ccccc2)CC[C@H](NCCN)CC1. The fourth-order valence-corrected chi connectivity index (χ4v) is 4.50. The van der Waals surface area contributed by atoms with E-state index >= 15 is 0 Å². The molecule has 4 heteroatoms. The fourth-order valence-electron chi connectivity index (χ4n) is 4.50. The lowest BCUT2D eigenvalue weighted by molar-refractivity contribution is 0.0958. The number of benzene rings is 2. The van der Waals surface area contributed by atoms with Gasteiger partial charge in [-0.05, 0) is 55.2 Å². The van der Waals surface area contributed by atoms with Crippen LogP contribution in [0, 0.1) is 0 Å². The molecule has 0 spiro atoms. The van der Waals surface area contributed by atoms with Gasteiger partial charge in [0.25, 0.3) is 0 Å². The third-order valence-corrected chi connectivity index (χ3v) is 6.14. The number of methoxy groups -OCH3 is 1. The number of Topliss-reactive ketones (excluding diaryl/α,β-unsaturated/α-hetero) is 1. The average Bonchev–Trinajstić information content (AvgIpc) is 2.77. The van der Waals surface area contributed by atoms with E-state index in [1.54, 1.807) is 7.11 Å². The van der Waals surface area contributed by atoms with Crippen molar-refractivity contribution in [1.29, 1.82) is 0 Å². The van der Waals surface area contributed by atoms with Crippen LogP contribution in [-0.4, -0.2) is 32.0 Å². The fraction of sp³-hybridized carbons (Fsp3) is 0.458. The van der Waals surface area contributed by atoms with Crippen LogP contribution in [0.4, 0.5) is 0 Å². The molecule has 150 valence electrons. The summed E-state index contributed by atoms with van der Waals surface area (Å²) < 4.78 is 5.38. The molecule has 1 aliphatic rings. The van der Waals surface area contributed by atoms with Gasteiger partial charge in [0.2, 0.25) is 0 Å². The maximum absolute atomic E-state index is 12.9. The third kappa shape index (κ3) is 4.81. The van der Waals surface area contributed by atoms with Crippen LogP contribution in [0.25, 0.3) is 0 Å². The third-order valence-electron chi connectivity index (χ3n) is 6.14. The minimum Gasteiger partial charge on any atom is -0.496 e. The first-order valence-corrected chi connectivity index (χ1v) is 10.3. The van der Waals surface area contributed by atoms with Crippen LogP contribution < -0.4 is 15.8 Å². The van der Waals surface area contributed by atoms with Crippen molar-refractivity contribution in [2.75, 3.05) is 20.2 Å². The predicted octanol–water partition coefficient (Wildman–Crippen LogP) is 4.09. The van der Waals surface area contributed by atoms with E-state index in [1.807, 2.05) is 24.3 Å². The van der Waals surface area contributed by atoms with E-state index in [0.29, 0.717) is 30.3 Å². The Morgan fingerprint density at radius 1 is 1.11 bits per heavy atom. The topological polar surface area (TPSA) is 64.3 Å². The molecule has 0 unspecified atom stereocenters. The molecule has 0 saturated heterocycles. The van der Waals surface area contributed by atoms with Gasteiger partial charge in [-0.3, -0.25) is 4.79 Å². The zero-order chi connectivity index (χ0) is 19.8. The van der Waals surface area contributed by atoms with Gasteiger partial charge in [-0.15, -0.1) is 0 Å². The molecule has 0 aromatic heterocycles. The first kappa shape index (κ1) is 20.6. The summed E-state index contributed by atoms with van der Waals surface area (Å²) in [5.74, 6) is 0.826. The Kier molecular flexibility index (Phi) is 7.24. The molecule has 28 heavy (non-hydrogen) atoms. The highest BCUT2D eigenvalue weighted by Crippen LogP contribution is 2.43. The van der Waals surface area contributed by atoms with Crippen molar-refractivity contribution >= 4 is 5.78 Å². The molecule has 1 aliphatic carbocycles. The second-order valence-corrected chi connectivity index (χ2v) is 7.79. The van der Waals surface area contributed by atoms with Crippen LogP contribution in [0.1, 0.15) is 54.4 Å². The first-order valence-electron chi connectivity index (χ1n) is 10.3. The first-order chi connectivity index (χ1) is 13.7. The van der Waals surface area contributed by atoms with Gasteiger partial charge >= 0.3 is 0 Å². The summed E-state index contributed by atoms with van der Waals surface area (Å²) in [6.07, 6.45) is 5.85. The maximum atomic E-state index is 12.9. The van der Waals surface area contributed by atoms with Crippen LogP contribution in [0.5, 0.6) is 5.75 Å². The van der Waals surface area contributed by atoms with Crippen LogP contribution in [0.15, 0.2) is 54.6 Å². The molecule has 0 amide bonds. The van der Waals surface area contributed by atoms with Crippen molar-refractivity contribution in [2.45, 2.75) is 50.0 Å². The Bertz CT molecular complexity index is 752. The molecule has 2 aromatic carbocycles. The summed E-state index contributed by atoms with van der Waals surface area (Å²) in [6.45, 7) is 1.54. The van der Waals surface area contributed by atoms with Crippen LogP contribution >= 0.6 is 0 Å². The Labute approximate surface area is 168 Å². The molecule has 2 aromatic rings. The quantitative estimate of drug-likeness (QED) is 0.643. The van der Waals surface area contributed by atoms with Gasteiger partial charge in [0.15, 0.2) is 5.78 Å². The molecule has 0 atom stereocenters. The normalized spacial score (nSPS) is 22.0. The summed E-state index contributed by atoms with van der Waals surface area (Å²) in [5, 5.41) is 3.56. The molecule has 0 radical (unpaired) electrons. The molecule has 3 rings (SSSR count). The van der Waals surface area contributed by atoms with Crippen molar-refractivity contribution in [3.8, 4) is 5.75 Å². The number of ketones is 1. The van der Waals surface area contributed by atoms with Gasteiger partial charge in [-0.1, -0.05) is 42.5 Å². The second kappa shape index (κ2) is 9.85. The zero-order valence-corrected chi connectivity index (χ0v) is 16.8. The Morgan fingerprint density at radius 2 is 1.79 bits per heavy atom. The van der Waals surface area contributed by atoms with E-state index in [1.165, 1.54) is 5.56 Å². The maximum Gasteiger partial charge on any atom is 0.166 e. The summed E-state index contributed by atoms with van der Waals surface area (Å²) in [4.78, 5) is 12.9. The minimum atomic E-state index is 0.0693. The predicted molar refractivity (Wildman–Crippen MR) is 114 cm³/mol. The summed E-state index contributed by atoms with van der Waals surface area (Å²) in [7, 11) is 1.62. The molecule has 4 nitrogen and oxygen atoms in total. The van der Waals surface area contributed by atoms with Crippen molar-refractivity contribution in [3.05, 3.63) is 65.7 Å². The number of nitrogens with one attached hydrogen (secondary N) is 1. The smallest absolute Gasteiger partial charge is 0.166 e. The number of nitrogens with two attached hydrogens (primary N) is 1. The van der Waals surface area contributed by atoms with Crippen LogP contribution in [0.2, 0.25) is 0 Å². The lowest BCUT2D eigenvalue weighted by atomic mass is 9.65. The highest BCUT2D eigenvalue weighted by atomic mass is 16.5. The van der Waals surface area contributed by atoms with Gasteiger partial charge in [-0.2, -0.15) is 0 Å². The van der Waals surface area contributed by atoms with E-state index in [-0.39, 0.29) is 11.2 Å². The van der Waals surface area contributed by atoms with Gasteiger partial charge in [0.05, 0.1) is 12.7 Å². The van der Waals surface area contributed by atoms with Crippen LogP contribution in [0.3, 0.4) is 0 Å². The number of carbonyl (C=O) groups excluding carboxylic acids is 1. The van der Waals surface area contributed by atoms with Gasteiger partial charge in [0, 0.05) is 25.6 Å². The van der Waals surface area contributed by atoms with E-state index in [0.717, 1.165) is 38.6 Å². The number of para-hydroxylation sites is 1. The molecule has 1 saturated carbocycles. The van der Waals surface area contributed by atoms with Crippen molar-refractivity contribution in [2.24, 2.45) is 5.73 Å². The number of hydrogen-bond donors (Lipinski definition) is 2. The van der Waals surface area contributed by atoms with Gasteiger partial charge in [0.1, 0.15) is 5.75 Å². The van der Waals surface area contributed by atoms with E-state index < -0.39 is 0 Å². The number of ether oxygens (including phenoxy) is 1. The van der Waals surface area contributed by atoms with Crippen molar-refractivity contribution < 1.29 is 9.53 Å². The highest BCUT2D eigenvalue weighted by Gasteiger charge is 2.37. The van der Waals surface area contributed by atoms with E-state index in [2.05, 4.69) is 35.6 Å². The molecule has 0 heterocycles. The van der Waals surface area contributed by atoms with Gasteiger partial charge < -0.3 is 15.8 Å². The molecule has 3 N–H and O–H groups in total. The van der Waals surface area contributed by atoms with Crippen molar-refractivity contribution in [3.63, 3.8) is 0 Å². The summed E-state index contributed by atoms with van der Waals surface area (Å²) >= 11 is 0. The monoisotopic (exact) mass is 380 g/mol. The highest BCUT2D eigenvalue weighted by molar-refractivity contribution is 5.98. The lowest BCUT2D eigenvalue weighted by Crippen LogP contribution is -2.41. The molecule has 0 aliphatic heterocycles. The van der Waals surface area contributed by atoms with Crippen LogP contribution in [-0.2, 0) is 5.41 Å². The Balaban J connectivity index is 1.73. The second-order valence-electron chi connectivity index (χ2n) is 7.79. The molecule has 1 fully saturated rings. The minimum absolute atomic E-state index is 0.0693. The Hall–Kier alpha value is -2.17. The van der Waals surface area contributed by atoms with E-state index in [4.69, 9.17) is 10.5 Å². The van der Waals surface area contributed by atoms with E-state index in [9.17, 15) is 4.79 Å². The lowest BCUT2D eigenvalue weighted by Gasteiger charge is -2.41. The number of hydrogen-bond acceptors (Lipinski definition) is 4. The summed E-state index contributed by atoms with van der Waals surface area (Å²) in [6, 6.07) is 18.8. The molecular formula is C24H32N2O2. The Morgan fingerprint density at radius 3 is 2.46 bits per heavy atom. The van der Waals surface area contributed by atoms with Crippen molar-refractivity contribution in [1.82, 2.24) is 5.32 Å². The summed E-state index contributed by atoms with van der Waals surface area (Å²) in [5.41, 5.74) is 7.76. The molecular weight excluding hydrogens is 348 g/mol. The van der Waals surface area contributed by atoms with Gasteiger partial charge in [-0.25, -0.2) is 0 Å². The average molecular weight is 381 g/mol. The number of rotatable bonds is 9. The largest absolute Gasteiger partial charge is 0.496 e. The zero-order valence-electron chi connectivity index (χ0n) is 16.8. The molecule has 0 bridgehead atoms.